The van der Waals surface area contributed by atoms with Crippen LogP contribution in [-0.4, -0.2) is 72.5 Å². The highest BCUT2D eigenvalue weighted by Crippen LogP contribution is 2.50. The van der Waals surface area contributed by atoms with Gasteiger partial charge in [-0.15, -0.1) is 0 Å². The maximum atomic E-state index is 13.1. The minimum atomic E-state index is -0.657. The molecule has 3 aliphatic rings. The van der Waals surface area contributed by atoms with Gasteiger partial charge in [-0.05, 0) is 39.5 Å². The summed E-state index contributed by atoms with van der Waals surface area (Å²) >= 11 is 0. The molecule has 24 heavy (non-hydrogen) atoms. The number of nitrogens with zero attached hydrogens (tertiary/aromatic N) is 3. The Kier molecular flexibility index (Phi) is 4.55. The van der Waals surface area contributed by atoms with Gasteiger partial charge in [0.05, 0.1) is 13.2 Å². The smallest absolute Gasteiger partial charge is 0.317 e. The number of hydrogen-bond acceptors (Lipinski definition) is 4. The average Bonchev–Trinajstić information content (AvgIpc) is 3.13. The van der Waals surface area contributed by atoms with Gasteiger partial charge in [-0.1, -0.05) is 0 Å². The first-order valence-corrected chi connectivity index (χ1v) is 8.82. The molecule has 0 aromatic carbocycles. The van der Waals surface area contributed by atoms with E-state index in [2.05, 4.69) is 5.32 Å². The molecular weight excluding hydrogens is 308 g/mol. The Hall–Kier alpha value is -1.63. The molecule has 3 amide bonds. The van der Waals surface area contributed by atoms with Crippen molar-refractivity contribution in [3.05, 3.63) is 0 Å². The second-order valence-corrected chi connectivity index (χ2v) is 7.45. The van der Waals surface area contributed by atoms with Crippen molar-refractivity contribution in [2.75, 3.05) is 33.4 Å². The summed E-state index contributed by atoms with van der Waals surface area (Å²) in [5.41, 5.74) is -0.657. The summed E-state index contributed by atoms with van der Waals surface area (Å²) in [7, 11) is 1.64. The van der Waals surface area contributed by atoms with Crippen LogP contribution in [0.15, 0.2) is 4.99 Å². The lowest BCUT2D eigenvalue weighted by molar-refractivity contribution is -0.132. The fourth-order valence-electron chi connectivity index (χ4n) is 4.43. The van der Waals surface area contributed by atoms with Crippen LogP contribution in [0.4, 0.5) is 4.79 Å². The Balaban J connectivity index is 1.75. The number of hydrogen-bond donors (Lipinski definition) is 1. The predicted octanol–water partition coefficient (Wildman–Crippen LogP) is 1.09. The largest absolute Gasteiger partial charge is 0.383 e. The number of urea groups is 1. The minimum Gasteiger partial charge on any atom is -0.383 e. The Labute approximate surface area is 143 Å². The van der Waals surface area contributed by atoms with Gasteiger partial charge >= 0.3 is 6.03 Å². The van der Waals surface area contributed by atoms with Crippen molar-refractivity contribution in [2.45, 2.75) is 45.2 Å². The van der Waals surface area contributed by atoms with Crippen LogP contribution in [0.5, 0.6) is 0 Å². The normalized spacial score (nSPS) is 32.0. The zero-order valence-corrected chi connectivity index (χ0v) is 15.0. The zero-order chi connectivity index (χ0) is 17.5. The molecule has 3 rings (SSSR count). The standard InChI is InChI=1S/C17H28N4O3/c1-11(2)18-16(23)20-9-13-5-6-17(14(13)10-20)15(22)21(7-8-24-4)12(3)19-17/h11,13-14H,5-10H2,1-4H3,(H,18,23)/t13-,14+,17-/m1/s1. The van der Waals surface area contributed by atoms with Gasteiger partial charge in [-0.3, -0.25) is 14.7 Å². The first-order chi connectivity index (χ1) is 11.4. The van der Waals surface area contributed by atoms with Gasteiger partial charge in [0.25, 0.3) is 5.91 Å². The van der Waals surface area contributed by atoms with E-state index in [1.54, 1.807) is 12.0 Å². The van der Waals surface area contributed by atoms with Gasteiger partial charge < -0.3 is 15.0 Å². The molecule has 7 nitrogen and oxygen atoms in total. The number of nitrogens with one attached hydrogen (secondary N) is 1. The van der Waals surface area contributed by atoms with E-state index >= 15 is 0 Å². The van der Waals surface area contributed by atoms with Gasteiger partial charge in [0.15, 0.2) is 0 Å². The first-order valence-electron chi connectivity index (χ1n) is 8.82. The number of amides is 3. The molecule has 0 radical (unpaired) electrons. The number of amidine groups is 1. The molecule has 1 saturated heterocycles. The van der Waals surface area contributed by atoms with E-state index in [9.17, 15) is 9.59 Å². The summed E-state index contributed by atoms with van der Waals surface area (Å²) in [5.74, 6) is 1.37. The highest BCUT2D eigenvalue weighted by atomic mass is 16.5. The van der Waals surface area contributed by atoms with Gasteiger partial charge in [-0.25, -0.2) is 4.79 Å². The number of methoxy groups -OCH3 is 1. The van der Waals surface area contributed by atoms with Crippen molar-refractivity contribution < 1.29 is 14.3 Å². The summed E-state index contributed by atoms with van der Waals surface area (Å²) in [6, 6.07) is 0.0850. The lowest BCUT2D eigenvalue weighted by Crippen LogP contribution is -2.48. The molecule has 0 aromatic heterocycles. The lowest BCUT2D eigenvalue weighted by atomic mass is 9.85. The molecule has 0 bridgehead atoms. The van der Waals surface area contributed by atoms with Crippen LogP contribution in [0, 0.1) is 11.8 Å². The number of fused-ring (bicyclic) bond motifs is 2. The summed E-state index contributed by atoms with van der Waals surface area (Å²) in [5, 5.41) is 2.95. The Bertz CT molecular complexity index is 562. The molecular formula is C17H28N4O3. The second-order valence-electron chi connectivity index (χ2n) is 7.45. The van der Waals surface area contributed by atoms with Crippen molar-refractivity contribution in [2.24, 2.45) is 16.8 Å². The van der Waals surface area contributed by atoms with E-state index in [0.717, 1.165) is 25.2 Å². The Morgan fingerprint density at radius 3 is 2.88 bits per heavy atom. The van der Waals surface area contributed by atoms with E-state index in [1.807, 2.05) is 25.7 Å². The SMILES string of the molecule is COCCN1C(=O)[C@]2(CC[C@@H]3CN(C(=O)NC(C)C)C[C@@H]32)N=C1C. The number of likely N-dealkylation sites (tertiary alicyclic amines) is 1. The summed E-state index contributed by atoms with van der Waals surface area (Å²) in [4.78, 5) is 33.8. The number of rotatable bonds is 4. The topological polar surface area (TPSA) is 74.2 Å². The third kappa shape index (κ3) is 2.68. The fraction of sp³-hybridized carbons (Fsp3) is 0.824. The zero-order valence-electron chi connectivity index (χ0n) is 15.0. The van der Waals surface area contributed by atoms with Crippen molar-refractivity contribution in [1.29, 1.82) is 0 Å². The fourth-order valence-corrected chi connectivity index (χ4v) is 4.43. The van der Waals surface area contributed by atoms with E-state index < -0.39 is 5.54 Å². The number of ether oxygens (including phenoxy) is 1. The van der Waals surface area contributed by atoms with Crippen LogP contribution in [0.2, 0.25) is 0 Å². The van der Waals surface area contributed by atoms with Crippen molar-refractivity contribution in [3.63, 3.8) is 0 Å². The van der Waals surface area contributed by atoms with Gasteiger partial charge in [0, 0.05) is 32.2 Å². The molecule has 2 heterocycles. The van der Waals surface area contributed by atoms with Crippen molar-refractivity contribution >= 4 is 17.8 Å². The highest BCUT2D eigenvalue weighted by Gasteiger charge is 2.61. The molecule has 1 saturated carbocycles. The van der Waals surface area contributed by atoms with Gasteiger partial charge in [-0.2, -0.15) is 0 Å². The maximum Gasteiger partial charge on any atom is 0.317 e. The van der Waals surface area contributed by atoms with E-state index in [-0.39, 0.29) is 23.9 Å². The quantitative estimate of drug-likeness (QED) is 0.835. The maximum absolute atomic E-state index is 13.1. The van der Waals surface area contributed by atoms with Gasteiger partial charge in [0.2, 0.25) is 0 Å². The molecule has 1 N–H and O–H groups in total. The molecule has 0 unspecified atom stereocenters. The molecule has 134 valence electrons. The second kappa shape index (κ2) is 6.35. The summed E-state index contributed by atoms with van der Waals surface area (Å²) in [6.45, 7) is 8.20. The minimum absolute atomic E-state index is 0.0306. The van der Waals surface area contributed by atoms with Crippen LogP contribution < -0.4 is 5.32 Å². The Morgan fingerprint density at radius 1 is 1.46 bits per heavy atom. The number of aliphatic imine (C=N–C) groups is 1. The molecule has 0 aromatic rings. The monoisotopic (exact) mass is 336 g/mol. The van der Waals surface area contributed by atoms with Crippen LogP contribution in [0.3, 0.4) is 0 Å². The molecule has 3 atom stereocenters. The van der Waals surface area contributed by atoms with Crippen LogP contribution in [0.1, 0.15) is 33.6 Å². The van der Waals surface area contributed by atoms with E-state index in [0.29, 0.717) is 25.6 Å². The number of carbonyl (C=O) groups excluding carboxylic acids is 2. The van der Waals surface area contributed by atoms with Crippen LogP contribution in [-0.2, 0) is 9.53 Å². The molecule has 1 spiro atoms. The molecule has 2 fully saturated rings. The Morgan fingerprint density at radius 2 is 2.21 bits per heavy atom. The molecule has 2 aliphatic heterocycles. The average molecular weight is 336 g/mol. The third-order valence-electron chi connectivity index (χ3n) is 5.54. The predicted molar refractivity (Wildman–Crippen MR) is 90.9 cm³/mol. The lowest BCUT2D eigenvalue weighted by Gasteiger charge is -2.28. The molecule has 1 aliphatic carbocycles. The van der Waals surface area contributed by atoms with Crippen LogP contribution in [0.25, 0.3) is 0 Å². The summed E-state index contributed by atoms with van der Waals surface area (Å²) in [6.07, 6.45) is 1.75. The van der Waals surface area contributed by atoms with Crippen molar-refractivity contribution in [3.8, 4) is 0 Å². The van der Waals surface area contributed by atoms with Crippen LogP contribution >= 0.6 is 0 Å². The van der Waals surface area contributed by atoms with E-state index in [1.165, 1.54) is 0 Å². The first kappa shape index (κ1) is 17.2. The van der Waals surface area contributed by atoms with Gasteiger partial charge in [0.1, 0.15) is 11.4 Å². The molecule has 7 heteroatoms. The van der Waals surface area contributed by atoms with E-state index in [4.69, 9.17) is 9.73 Å². The van der Waals surface area contributed by atoms with Crippen molar-refractivity contribution in [1.82, 2.24) is 15.1 Å². The number of carbonyl (C=O) groups is 2. The summed E-state index contributed by atoms with van der Waals surface area (Å²) < 4.78 is 5.11. The highest BCUT2D eigenvalue weighted by molar-refractivity contribution is 6.07. The third-order valence-corrected chi connectivity index (χ3v) is 5.54.